The first-order chi connectivity index (χ1) is 9.20. The maximum Gasteiger partial charge on any atom is 0.294 e. The third kappa shape index (κ3) is 3.18. The SMILES string of the molecule is Cc1ncoc1C(=O)Nc1cc(C#CCO)ccn1. The van der Waals surface area contributed by atoms with E-state index in [1.165, 1.54) is 12.6 Å². The van der Waals surface area contributed by atoms with Gasteiger partial charge in [-0.1, -0.05) is 11.8 Å². The molecule has 19 heavy (non-hydrogen) atoms. The van der Waals surface area contributed by atoms with Crippen molar-refractivity contribution in [3.63, 3.8) is 0 Å². The number of carbonyl (C=O) groups is 1. The van der Waals surface area contributed by atoms with E-state index in [1.807, 2.05) is 0 Å². The van der Waals surface area contributed by atoms with Crippen molar-refractivity contribution < 1.29 is 14.3 Å². The number of amides is 1. The van der Waals surface area contributed by atoms with Crippen LogP contribution in [0.2, 0.25) is 0 Å². The zero-order valence-corrected chi connectivity index (χ0v) is 10.2. The van der Waals surface area contributed by atoms with Gasteiger partial charge in [0.15, 0.2) is 6.39 Å². The molecule has 0 aliphatic carbocycles. The number of nitrogens with zero attached hydrogens (tertiary/aromatic N) is 2. The van der Waals surface area contributed by atoms with Crippen LogP contribution in [0.1, 0.15) is 21.8 Å². The van der Waals surface area contributed by atoms with Crippen LogP contribution in [-0.4, -0.2) is 27.6 Å². The van der Waals surface area contributed by atoms with Crippen molar-refractivity contribution in [3.8, 4) is 11.8 Å². The van der Waals surface area contributed by atoms with Crippen LogP contribution in [0.5, 0.6) is 0 Å². The summed E-state index contributed by atoms with van der Waals surface area (Å²) in [6.45, 7) is 1.45. The van der Waals surface area contributed by atoms with Crippen molar-refractivity contribution in [3.05, 3.63) is 41.7 Å². The Morgan fingerprint density at radius 2 is 2.37 bits per heavy atom. The second-order valence-corrected chi connectivity index (χ2v) is 3.61. The molecular weight excluding hydrogens is 246 g/mol. The van der Waals surface area contributed by atoms with Crippen LogP contribution >= 0.6 is 0 Å². The first kappa shape index (κ1) is 12.8. The van der Waals surface area contributed by atoms with E-state index in [0.29, 0.717) is 17.1 Å². The van der Waals surface area contributed by atoms with E-state index in [2.05, 4.69) is 27.1 Å². The van der Waals surface area contributed by atoms with Gasteiger partial charge in [-0.05, 0) is 19.1 Å². The molecule has 0 spiro atoms. The summed E-state index contributed by atoms with van der Waals surface area (Å²) >= 11 is 0. The molecule has 0 atom stereocenters. The Morgan fingerprint density at radius 1 is 1.53 bits per heavy atom. The van der Waals surface area contributed by atoms with Crippen LogP contribution in [0, 0.1) is 18.8 Å². The van der Waals surface area contributed by atoms with Gasteiger partial charge in [0.25, 0.3) is 5.91 Å². The van der Waals surface area contributed by atoms with E-state index >= 15 is 0 Å². The lowest BCUT2D eigenvalue weighted by Gasteiger charge is -2.02. The smallest absolute Gasteiger partial charge is 0.294 e. The zero-order valence-electron chi connectivity index (χ0n) is 10.2. The van der Waals surface area contributed by atoms with Gasteiger partial charge in [-0.3, -0.25) is 4.79 Å². The highest BCUT2D eigenvalue weighted by Gasteiger charge is 2.14. The third-order valence-electron chi connectivity index (χ3n) is 2.27. The van der Waals surface area contributed by atoms with Crippen LogP contribution in [-0.2, 0) is 0 Å². The van der Waals surface area contributed by atoms with Crippen molar-refractivity contribution in [1.29, 1.82) is 0 Å². The van der Waals surface area contributed by atoms with Crippen LogP contribution in [0.4, 0.5) is 5.82 Å². The minimum absolute atomic E-state index is 0.147. The summed E-state index contributed by atoms with van der Waals surface area (Å²) in [5.41, 5.74) is 1.15. The van der Waals surface area contributed by atoms with Crippen molar-refractivity contribution in [2.75, 3.05) is 11.9 Å². The van der Waals surface area contributed by atoms with Gasteiger partial charge in [-0.2, -0.15) is 0 Å². The summed E-state index contributed by atoms with van der Waals surface area (Å²) in [7, 11) is 0. The van der Waals surface area contributed by atoms with E-state index in [1.54, 1.807) is 19.1 Å². The Bertz CT molecular complexity index is 652. The maximum absolute atomic E-state index is 11.9. The topological polar surface area (TPSA) is 88.2 Å². The lowest BCUT2D eigenvalue weighted by Crippen LogP contribution is -2.13. The third-order valence-corrected chi connectivity index (χ3v) is 2.27. The number of aromatic nitrogens is 2. The molecule has 0 fully saturated rings. The van der Waals surface area contributed by atoms with E-state index < -0.39 is 5.91 Å². The lowest BCUT2D eigenvalue weighted by atomic mass is 10.2. The fourth-order valence-electron chi connectivity index (χ4n) is 1.41. The summed E-state index contributed by atoms with van der Waals surface area (Å²) in [4.78, 5) is 19.7. The van der Waals surface area contributed by atoms with Crippen LogP contribution < -0.4 is 5.32 Å². The first-order valence-corrected chi connectivity index (χ1v) is 5.48. The number of pyridine rings is 1. The highest BCUT2D eigenvalue weighted by Crippen LogP contribution is 2.10. The summed E-state index contributed by atoms with van der Waals surface area (Å²) in [5, 5.41) is 11.2. The standard InChI is InChI=1S/C13H11N3O3/c1-9-12(19-8-15-9)13(18)16-11-7-10(3-2-6-17)4-5-14-11/h4-5,7-8,17H,6H2,1H3,(H,14,16,18). The highest BCUT2D eigenvalue weighted by molar-refractivity contribution is 6.02. The molecular formula is C13H11N3O3. The van der Waals surface area contributed by atoms with Gasteiger partial charge < -0.3 is 14.8 Å². The molecule has 2 heterocycles. The Kier molecular flexibility index (Phi) is 3.90. The predicted molar refractivity (Wildman–Crippen MR) is 67.4 cm³/mol. The van der Waals surface area contributed by atoms with Gasteiger partial charge in [0.1, 0.15) is 12.4 Å². The Hall–Kier alpha value is -2.65. The van der Waals surface area contributed by atoms with Gasteiger partial charge in [-0.25, -0.2) is 9.97 Å². The molecule has 96 valence electrons. The Balaban J connectivity index is 2.15. The molecule has 6 heteroatoms. The predicted octanol–water partition coefficient (Wildman–Crippen LogP) is 0.974. The van der Waals surface area contributed by atoms with Crippen LogP contribution in [0.3, 0.4) is 0 Å². The first-order valence-electron chi connectivity index (χ1n) is 5.48. The summed E-state index contributed by atoms with van der Waals surface area (Å²) < 4.78 is 4.98. The van der Waals surface area contributed by atoms with Gasteiger partial charge in [0, 0.05) is 11.8 Å². The molecule has 2 aromatic rings. The molecule has 0 aliphatic heterocycles. The van der Waals surface area contributed by atoms with Gasteiger partial charge in [0.05, 0.1) is 5.69 Å². The fourth-order valence-corrected chi connectivity index (χ4v) is 1.41. The number of rotatable bonds is 2. The van der Waals surface area contributed by atoms with Gasteiger partial charge in [0.2, 0.25) is 5.76 Å². The molecule has 6 nitrogen and oxygen atoms in total. The number of aliphatic hydroxyl groups excluding tert-OH is 1. The molecule has 2 aromatic heterocycles. The average molecular weight is 257 g/mol. The number of aryl methyl sites for hydroxylation is 1. The van der Waals surface area contributed by atoms with Gasteiger partial charge in [-0.15, -0.1) is 0 Å². The summed E-state index contributed by atoms with van der Waals surface area (Å²) in [6, 6.07) is 3.28. The van der Waals surface area contributed by atoms with Crippen molar-refractivity contribution in [2.45, 2.75) is 6.92 Å². The molecule has 2 N–H and O–H groups in total. The van der Waals surface area contributed by atoms with Crippen molar-refractivity contribution >= 4 is 11.7 Å². The second-order valence-electron chi connectivity index (χ2n) is 3.61. The maximum atomic E-state index is 11.9. The minimum atomic E-state index is -0.422. The molecule has 2 rings (SSSR count). The van der Waals surface area contributed by atoms with E-state index in [0.717, 1.165) is 0 Å². The Morgan fingerprint density at radius 3 is 3.05 bits per heavy atom. The number of carbonyl (C=O) groups excluding carboxylic acids is 1. The summed E-state index contributed by atoms with van der Waals surface area (Å²) in [6.07, 6.45) is 2.73. The molecule has 0 aromatic carbocycles. The monoisotopic (exact) mass is 257 g/mol. The molecule has 0 bridgehead atoms. The number of anilines is 1. The molecule has 0 radical (unpaired) electrons. The Labute approximate surface area is 109 Å². The van der Waals surface area contributed by atoms with Crippen LogP contribution in [0.25, 0.3) is 0 Å². The number of hydrogen-bond acceptors (Lipinski definition) is 5. The average Bonchev–Trinajstić information content (AvgIpc) is 2.83. The largest absolute Gasteiger partial charge is 0.438 e. The van der Waals surface area contributed by atoms with E-state index in [-0.39, 0.29) is 12.4 Å². The molecule has 0 saturated heterocycles. The number of aliphatic hydroxyl groups is 1. The summed E-state index contributed by atoms with van der Waals surface area (Å²) in [5.74, 6) is 5.32. The van der Waals surface area contributed by atoms with E-state index in [9.17, 15) is 4.79 Å². The zero-order chi connectivity index (χ0) is 13.7. The fraction of sp³-hybridized carbons (Fsp3) is 0.154. The van der Waals surface area contributed by atoms with E-state index in [4.69, 9.17) is 9.52 Å². The highest BCUT2D eigenvalue weighted by atomic mass is 16.3. The van der Waals surface area contributed by atoms with Crippen LogP contribution in [0.15, 0.2) is 29.1 Å². The molecule has 1 amide bonds. The molecule has 0 unspecified atom stereocenters. The number of hydrogen-bond donors (Lipinski definition) is 2. The molecule has 0 aliphatic rings. The van der Waals surface area contributed by atoms with Gasteiger partial charge >= 0.3 is 0 Å². The van der Waals surface area contributed by atoms with Crippen molar-refractivity contribution in [2.24, 2.45) is 0 Å². The van der Waals surface area contributed by atoms with Crippen molar-refractivity contribution in [1.82, 2.24) is 9.97 Å². The molecule has 0 saturated carbocycles. The normalized spacial score (nSPS) is 9.58. The number of oxazole rings is 1. The quantitative estimate of drug-likeness (QED) is 0.783. The lowest BCUT2D eigenvalue weighted by molar-refractivity contribution is 0.0995. The second kappa shape index (κ2) is 5.80. The minimum Gasteiger partial charge on any atom is -0.438 e. The number of nitrogens with one attached hydrogen (secondary N) is 1.